The number of aryl methyl sites for hydroxylation is 1. The molecule has 2 aromatic carbocycles. The number of methoxy groups -OCH3 is 1. The van der Waals surface area contributed by atoms with Crippen molar-refractivity contribution in [1.82, 2.24) is 10.6 Å². The van der Waals surface area contributed by atoms with Crippen molar-refractivity contribution in [3.63, 3.8) is 0 Å². The maximum atomic E-state index is 8.72. The Hall–Kier alpha value is -1.02. The van der Waals surface area contributed by atoms with Crippen LogP contribution in [0.2, 0.25) is 0 Å². The van der Waals surface area contributed by atoms with Gasteiger partial charge in [0.15, 0.2) is 11.5 Å². The maximum absolute atomic E-state index is 8.72. The molecule has 29 heavy (non-hydrogen) atoms. The Labute approximate surface area is 194 Å². The van der Waals surface area contributed by atoms with Crippen molar-refractivity contribution < 1.29 is 14.6 Å². The lowest BCUT2D eigenvalue weighted by Crippen LogP contribution is -2.23. The number of ether oxygens (including phenoxy) is 2. The molecule has 2 aromatic rings. The monoisotopic (exact) mass is 508 g/mol. The van der Waals surface area contributed by atoms with Crippen LogP contribution in [0.1, 0.15) is 23.1 Å². The topological polar surface area (TPSA) is 62.8 Å². The summed E-state index contributed by atoms with van der Waals surface area (Å²) in [5.41, 5.74) is 3.48. The number of aliphatic hydroxyl groups is 1. The van der Waals surface area contributed by atoms with E-state index < -0.39 is 0 Å². The summed E-state index contributed by atoms with van der Waals surface area (Å²) >= 11 is 3.61. The van der Waals surface area contributed by atoms with Crippen LogP contribution in [0.25, 0.3) is 0 Å². The van der Waals surface area contributed by atoms with Crippen LogP contribution < -0.4 is 20.1 Å². The molecule has 0 aliphatic carbocycles. The van der Waals surface area contributed by atoms with Crippen molar-refractivity contribution >= 4 is 40.7 Å². The molecule has 0 fully saturated rings. The Morgan fingerprint density at radius 2 is 1.66 bits per heavy atom. The van der Waals surface area contributed by atoms with E-state index in [0.29, 0.717) is 13.2 Å². The van der Waals surface area contributed by atoms with Crippen LogP contribution >= 0.6 is 40.7 Å². The van der Waals surface area contributed by atoms with Crippen LogP contribution in [0.3, 0.4) is 0 Å². The van der Waals surface area contributed by atoms with Crippen molar-refractivity contribution in [2.45, 2.75) is 26.5 Å². The number of hydrogen-bond acceptors (Lipinski definition) is 5. The maximum Gasteiger partial charge on any atom is 0.175 e. The zero-order valence-electron chi connectivity index (χ0n) is 16.9. The van der Waals surface area contributed by atoms with Crippen LogP contribution in [0.15, 0.2) is 40.9 Å². The SMILES string of the molecule is COc1cc(CNCCCNCCO)cc(Br)c1OCc1ccc(C)cc1.Cl.Cl. The minimum atomic E-state index is 0. The molecule has 5 nitrogen and oxygen atoms in total. The van der Waals surface area contributed by atoms with Gasteiger partial charge in [-0.05, 0) is 65.6 Å². The Morgan fingerprint density at radius 1 is 0.966 bits per heavy atom. The van der Waals surface area contributed by atoms with Gasteiger partial charge in [0, 0.05) is 13.1 Å². The third kappa shape index (κ3) is 10.0. The van der Waals surface area contributed by atoms with Gasteiger partial charge in [-0.3, -0.25) is 0 Å². The Morgan fingerprint density at radius 3 is 2.31 bits per heavy atom. The van der Waals surface area contributed by atoms with E-state index >= 15 is 0 Å². The summed E-state index contributed by atoms with van der Waals surface area (Å²) in [7, 11) is 1.66. The predicted octanol–water partition coefficient (Wildman–Crippen LogP) is 4.25. The second-order valence-electron chi connectivity index (χ2n) is 6.39. The first-order valence-electron chi connectivity index (χ1n) is 9.21. The molecule has 0 radical (unpaired) electrons. The highest BCUT2D eigenvalue weighted by atomic mass is 79.9. The summed E-state index contributed by atoms with van der Waals surface area (Å²) in [6.07, 6.45) is 1.01. The molecule has 8 heteroatoms. The van der Waals surface area contributed by atoms with E-state index in [1.54, 1.807) is 7.11 Å². The van der Waals surface area contributed by atoms with Gasteiger partial charge < -0.3 is 25.2 Å². The molecule has 0 atom stereocenters. The molecule has 2 rings (SSSR count). The molecule has 0 amide bonds. The minimum absolute atomic E-state index is 0. The average molecular weight is 510 g/mol. The largest absolute Gasteiger partial charge is 0.493 e. The van der Waals surface area contributed by atoms with E-state index in [1.165, 1.54) is 5.56 Å². The average Bonchev–Trinajstić information content (AvgIpc) is 2.67. The van der Waals surface area contributed by atoms with Gasteiger partial charge in [0.25, 0.3) is 0 Å². The second-order valence-corrected chi connectivity index (χ2v) is 7.24. The Balaban J connectivity index is 0.00000392. The van der Waals surface area contributed by atoms with Crippen molar-refractivity contribution in [1.29, 1.82) is 0 Å². The fourth-order valence-corrected chi connectivity index (χ4v) is 3.23. The second kappa shape index (κ2) is 15.8. The van der Waals surface area contributed by atoms with E-state index in [0.717, 1.165) is 53.2 Å². The summed E-state index contributed by atoms with van der Waals surface area (Å²) in [5.74, 6) is 1.44. The minimum Gasteiger partial charge on any atom is -0.493 e. The summed E-state index contributed by atoms with van der Waals surface area (Å²) in [6.45, 7) is 5.95. The van der Waals surface area contributed by atoms with Crippen LogP contribution in [0.5, 0.6) is 11.5 Å². The number of aliphatic hydroxyl groups excluding tert-OH is 1. The molecule has 0 aliphatic heterocycles. The first-order valence-corrected chi connectivity index (χ1v) is 10.0. The van der Waals surface area contributed by atoms with Crippen molar-refractivity contribution in [3.05, 3.63) is 57.6 Å². The number of rotatable bonds is 12. The van der Waals surface area contributed by atoms with Crippen LogP contribution in [0, 0.1) is 6.92 Å². The molecule has 0 saturated heterocycles. The number of hydrogen-bond donors (Lipinski definition) is 3. The third-order valence-corrected chi connectivity index (χ3v) is 4.71. The highest BCUT2D eigenvalue weighted by Crippen LogP contribution is 2.37. The molecule has 164 valence electrons. The summed E-state index contributed by atoms with van der Waals surface area (Å²) in [4.78, 5) is 0. The van der Waals surface area contributed by atoms with Crippen molar-refractivity contribution in [2.24, 2.45) is 0 Å². The quantitative estimate of drug-likeness (QED) is 0.373. The van der Waals surface area contributed by atoms with Crippen LogP contribution in [-0.4, -0.2) is 38.5 Å². The highest BCUT2D eigenvalue weighted by molar-refractivity contribution is 9.10. The third-order valence-electron chi connectivity index (χ3n) is 4.12. The first kappa shape index (κ1) is 28.0. The molecule has 0 spiro atoms. The Bertz CT molecular complexity index is 703. The first-order chi connectivity index (χ1) is 13.1. The van der Waals surface area contributed by atoms with E-state index in [9.17, 15) is 0 Å². The van der Waals surface area contributed by atoms with Gasteiger partial charge in [0.1, 0.15) is 6.61 Å². The fourth-order valence-electron chi connectivity index (χ4n) is 2.63. The lowest BCUT2D eigenvalue weighted by atomic mass is 10.1. The van der Waals surface area contributed by atoms with Crippen LogP contribution in [0.4, 0.5) is 0 Å². The highest BCUT2D eigenvalue weighted by Gasteiger charge is 2.12. The fraction of sp³-hybridized carbons (Fsp3) is 0.429. The van der Waals surface area contributed by atoms with E-state index in [4.69, 9.17) is 14.6 Å². The summed E-state index contributed by atoms with van der Waals surface area (Å²) in [5, 5.41) is 15.3. The number of nitrogens with one attached hydrogen (secondary N) is 2. The smallest absolute Gasteiger partial charge is 0.175 e. The molecule has 0 aromatic heterocycles. The molecule has 0 unspecified atom stereocenters. The van der Waals surface area contributed by atoms with Crippen molar-refractivity contribution in [3.8, 4) is 11.5 Å². The predicted molar refractivity (Wildman–Crippen MR) is 127 cm³/mol. The molecule has 0 aliphatic rings. The van der Waals surface area contributed by atoms with Gasteiger partial charge >= 0.3 is 0 Å². The molecular formula is C21H31BrCl2N2O3. The zero-order valence-corrected chi connectivity index (χ0v) is 20.1. The van der Waals surface area contributed by atoms with Gasteiger partial charge in [-0.2, -0.15) is 0 Å². The normalized spacial score (nSPS) is 10.1. The number of halogens is 3. The van der Waals surface area contributed by atoms with Gasteiger partial charge in [-0.1, -0.05) is 29.8 Å². The number of benzene rings is 2. The van der Waals surface area contributed by atoms with Gasteiger partial charge in [0.05, 0.1) is 18.2 Å². The zero-order chi connectivity index (χ0) is 19.5. The Kier molecular flexibility index (Phi) is 15.2. The van der Waals surface area contributed by atoms with Crippen LogP contribution in [-0.2, 0) is 13.2 Å². The van der Waals surface area contributed by atoms with Gasteiger partial charge in [-0.15, -0.1) is 24.8 Å². The summed E-state index contributed by atoms with van der Waals surface area (Å²) < 4.78 is 12.4. The lowest BCUT2D eigenvalue weighted by molar-refractivity contribution is 0.282. The van der Waals surface area contributed by atoms with E-state index in [-0.39, 0.29) is 31.4 Å². The lowest BCUT2D eigenvalue weighted by Gasteiger charge is -2.15. The standard InChI is InChI=1S/C21H29BrN2O3.2ClH/c1-16-4-6-17(7-5-16)15-27-21-19(22)12-18(13-20(21)26-2)14-24-9-3-8-23-10-11-25;;/h4-7,12-13,23-25H,3,8-11,14-15H2,1-2H3;2*1H. The molecular weight excluding hydrogens is 479 g/mol. The summed E-state index contributed by atoms with van der Waals surface area (Å²) in [6, 6.07) is 12.4. The molecule has 0 saturated carbocycles. The molecule has 3 N–H and O–H groups in total. The van der Waals surface area contributed by atoms with Gasteiger partial charge in [-0.25, -0.2) is 0 Å². The molecule has 0 heterocycles. The van der Waals surface area contributed by atoms with E-state index in [1.807, 2.05) is 6.07 Å². The van der Waals surface area contributed by atoms with E-state index in [2.05, 4.69) is 63.8 Å². The van der Waals surface area contributed by atoms with Crippen molar-refractivity contribution in [2.75, 3.05) is 33.4 Å². The van der Waals surface area contributed by atoms with Gasteiger partial charge in [0.2, 0.25) is 0 Å². The molecule has 0 bridgehead atoms.